The van der Waals surface area contributed by atoms with Gasteiger partial charge in [0.05, 0.1) is 9.50 Å². The van der Waals surface area contributed by atoms with Crippen molar-refractivity contribution in [1.82, 2.24) is 10.2 Å². The molecule has 0 aromatic heterocycles. The largest absolute Gasteiger partial charge is 0.486 e. The molecule has 1 aliphatic rings. The molecule has 0 atom stereocenters. The average molecular weight is 436 g/mol. The molecule has 2 aromatic rings. The van der Waals surface area contributed by atoms with Crippen LogP contribution in [0.3, 0.4) is 0 Å². The van der Waals surface area contributed by atoms with E-state index in [4.69, 9.17) is 16.3 Å². The van der Waals surface area contributed by atoms with Gasteiger partial charge in [0.25, 0.3) is 5.91 Å². The number of likely N-dealkylation sites (N-methyl/N-ethyl adjacent to an activating group) is 1. The number of carbonyl (C=O) groups excluding carboxylic acids is 2. The number of hydrogen-bond donors (Lipinski definition) is 1. The normalized spacial score (nSPS) is 15.5. The lowest BCUT2D eigenvalue weighted by Gasteiger charge is -2.11. The Labute approximate surface area is 164 Å². The highest BCUT2D eigenvalue weighted by molar-refractivity contribution is 9.10. The summed E-state index contributed by atoms with van der Waals surface area (Å²) in [4.78, 5) is 25.0. The maximum Gasteiger partial charge on any atom is 0.328 e. The molecule has 2 aromatic carbocycles. The number of rotatable bonds is 5. The van der Waals surface area contributed by atoms with Crippen LogP contribution in [-0.2, 0) is 11.4 Å². The lowest BCUT2D eigenvalue weighted by molar-refractivity contribution is -0.122. The van der Waals surface area contributed by atoms with Crippen LogP contribution in [0.4, 0.5) is 4.79 Å². The van der Waals surface area contributed by atoms with E-state index in [1.807, 2.05) is 30.3 Å². The van der Waals surface area contributed by atoms with Crippen molar-refractivity contribution in [3.05, 3.63) is 68.8 Å². The van der Waals surface area contributed by atoms with Gasteiger partial charge in [0.15, 0.2) is 5.75 Å². The average Bonchev–Trinajstić information content (AvgIpc) is 2.88. The van der Waals surface area contributed by atoms with Gasteiger partial charge in [-0.05, 0) is 52.2 Å². The maximum atomic E-state index is 12.2. The van der Waals surface area contributed by atoms with E-state index in [0.29, 0.717) is 34.0 Å². The molecule has 0 spiro atoms. The van der Waals surface area contributed by atoms with Gasteiger partial charge in [-0.2, -0.15) is 0 Å². The topological polar surface area (TPSA) is 58.6 Å². The molecule has 0 bridgehead atoms. The summed E-state index contributed by atoms with van der Waals surface area (Å²) in [7, 11) is 0. The molecule has 1 aliphatic heterocycles. The van der Waals surface area contributed by atoms with E-state index in [2.05, 4.69) is 21.2 Å². The number of urea groups is 1. The first-order valence-corrected chi connectivity index (χ1v) is 9.17. The minimum Gasteiger partial charge on any atom is -0.486 e. The van der Waals surface area contributed by atoms with Crippen molar-refractivity contribution < 1.29 is 14.3 Å². The smallest absolute Gasteiger partial charge is 0.328 e. The second kappa shape index (κ2) is 7.93. The molecule has 7 heteroatoms. The van der Waals surface area contributed by atoms with E-state index >= 15 is 0 Å². The monoisotopic (exact) mass is 434 g/mol. The highest BCUT2D eigenvalue weighted by Crippen LogP contribution is 2.35. The predicted molar refractivity (Wildman–Crippen MR) is 104 cm³/mol. The van der Waals surface area contributed by atoms with Crippen LogP contribution in [0.1, 0.15) is 18.1 Å². The number of amides is 3. The first kappa shape index (κ1) is 18.5. The number of nitrogens with zero attached hydrogens (tertiary/aromatic N) is 1. The fraction of sp³-hybridized carbons (Fsp3) is 0.158. The van der Waals surface area contributed by atoms with E-state index < -0.39 is 6.03 Å². The molecule has 134 valence electrons. The fourth-order valence-electron chi connectivity index (χ4n) is 2.56. The molecule has 0 aliphatic carbocycles. The second-order valence-electron chi connectivity index (χ2n) is 5.63. The third-order valence-corrected chi connectivity index (χ3v) is 4.71. The van der Waals surface area contributed by atoms with Crippen LogP contribution in [0.15, 0.2) is 52.6 Å². The molecule has 5 nitrogen and oxygen atoms in total. The third-order valence-electron chi connectivity index (χ3n) is 3.84. The maximum absolute atomic E-state index is 12.2. The van der Waals surface area contributed by atoms with Gasteiger partial charge in [-0.15, -0.1) is 0 Å². The minimum atomic E-state index is -0.420. The minimum absolute atomic E-state index is 0.220. The van der Waals surface area contributed by atoms with Gasteiger partial charge in [-0.1, -0.05) is 41.9 Å². The SMILES string of the molecule is CCN1C(=O)N/C(=C/c2cc(Cl)c(OCc3ccccc3)c(Br)c2)C1=O. The van der Waals surface area contributed by atoms with Gasteiger partial charge in [0.2, 0.25) is 0 Å². The van der Waals surface area contributed by atoms with Crippen molar-refractivity contribution in [3.8, 4) is 5.75 Å². The summed E-state index contributed by atoms with van der Waals surface area (Å²) in [6, 6.07) is 12.8. The Bertz CT molecular complexity index is 861. The van der Waals surface area contributed by atoms with Crippen molar-refractivity contribution in [2.75, 3.05) is 6.54 Å². The van der Waals surface area contributed by atoms with Gasteiger partial charge < -0.3 is 10.1 Å². The summed E-state index contributed by atoms with van der Waals surface area (Å²) in [5.41, 5.74) is 1.92. The third kappa shape index (κ3) is 3.92. The second-order valence-corrected chi connectivity index (χ2v) is 6.89. The van der Waals surface area contributed by atoms with Crippen LogP contribution in [0.2, 0.25) is 5.02 Å². The number of halogens is 2. The molecule has 3 amide bonds. The number of carbonyl (C=O) groups is 2. The highest BCUT2D eigenvalue weighted by Gasteiger charge is 2.32. The molecule has 1 saturated heterocycles. The van der Waals surface area contributed by atoms with Crippen molar-refractivity contribution in [2.24, 2.45) is 0 Å². The zero-order valence-corrected chi connectivity index (χ0v) is 16.3. The summed E-state index contributed by atoms with van der Waals surface area (Å²) in [5, 5.41) is 2.97. The Hall–Kier alpha value is -2.31. The van der Waals surface area contributed by atoms with Gasteiger partial charge in [0, 0.05) is 6.54 Å². The number of hydrogen-bond acceptors (Lipinski definition) is 3. The molecule has 26 heavy (non-hydrogen) atoms. The molecule has 1 heterocycles. The van der Waals surface area contributed by atoms with Crippen molar-refractivity contribution in [1.29, 1.82) is 0 Å². The van der Waals surface area contributed by atoms with E-state index in [1.54, 1.807) is 25.1 Å². The van der Waals surface area contributed by atoms with Gasteiger partial charge in [0.1, 0.15) is 12.3 Å². The van der Waals surface area contributed by atoms with Crippen molar-refractivity contribution >= 4 is 45.5 Å². The number of nitrogens with one attached hydrogen (secondary N) is 1. The van der Waals surface area contributed by atoms with Gasteiger partial charge >= 0.3 is 6.03 Å². The highest BCUT2D eigenvalue weighted by atomic mass is 79.9. The van der Waals surface area contributed by atoms with Crippen LogP contribution in [0.5, 0.6) is 5.75 Å². The summed E-state index contributed by atoms with van der Waals surface area (Å²) >= 11 is 9.79. The summed E-state index contributed by atoms with van der Waals surface area (Å²) in [6.45, 7) is 2.45. The van der Waals surface area contributed by atoms with E-state index in [9.17, 15) is 9.59 Å². The number of ether oxygens (including phenoxy) is 1. The Kier molecular flexibility index (Phi) is 5.64. The van der Waals surface area contributed by atoms with E-state index in [1.165, 1.54) is 0 Å². The van der Waals surface area contributed by atoms with Gasteiger partial charge in [-0.3, -0.25) is 9.69 Å². The Morgan fingerprint density at radius 1 is 1.23 bits per heavy atom. The fourth-order valence-corrected chi connectivity index (χ4v) is 3.54. The van der Waals surface area contributed by atoms with Gasteiger partial charge in [-0.25, -0.2) is 4.79 Å². The van der Waals surface area contributed by atoms with Crippen molar-refractivity contribution in [2.45, 2.75) is 13.5 Å². The molecule has 1 fully saturated rings. The van der Waals surface area contributed by atoms with Crippen molar-refractivity contribution in [3.63, 3.8) is 0 Å². The Morgan fingerprint density at radius 3 is 2.58 bits per heavy atom. The Balaban J connectivity index is 1.80. The lowest BCUT2D eigenvalue weighted by Crippen LogP contribution is -2.30. The predicted octanol–water partition coefficient (Wildman–Crippen LogP) is 4.59. The molecule has 0 radical (unpaired) electrons. The number of imide groups is 1. The summed E-state index contributed by atoms with van der Waals surface area (Å²) in [5.74, 6) is 0.170. The summed E-state index contributed by atoms with van der Waals surface area (Å²) in [6.07, 6.45) is 1.59. The first-order valence-electron chi connectivity index (χ1n) is 8.00. The molecule has 0 unspecified atom stereocenters. The molecule has 0 saturated carbocycles. The van der Waals surface area contributed by atoms with Crippen LogP contribution in [0.25, 0.3) is 6.08 Å². The standard InChI is InChI=1S/C19H16BrClN2O3/c1-2-23-18(24)16(22-19(23)25)10-13-8-14(20)17(15(21)9-13)26-11-12-6-4-3-5-7-12/h3-10H,2,11H2,1H3,(H,22,25)/b16-10+. The zero-order valence-electron chi connectivity index (χ0n) is 14.0. The molecular weight excluding hydrogens is 420 g/mol. The molecule has 1 N–H and O–H groups in total. The quantitative estimate of drug-likeness (QED) is 0.552. The lowest BCUT2D eigenvalue weighted by atomic mass is 10.1. The Morgan fingerprint density at radius 2 is 1.96 bits per heavy atom. The van der Waals surface area contributed by atoms with Crippen LogP contribution in [0, 0.1) is 0 Å². The van der Waals surface area contributed by atoms with E-state index in [0.717, 1.165) is 10.5 Å². The van der Waals surface area contributed by atoms with E-state index in [-0.39, 0.29) is 11.6 Å². The number of benzene rings is 2. The van der Waals surface area contributed by atoms with Crippen LogP contribution in [-0.4, -0.2) is 23.4 Å². The molecular formula is C19H16BrClN2O3. The van der Waals surface area contributed by atoms with Crippen LogP contribution < -0.4 is 10.1 Å². The van der Waals surface area contributed by atoms with Crippen LogP contribution >= 0.6 is 27.5 Å². The first-order chi connectivity index (χ1) is 12.5. The molecule has 3 rings (SSSR count). The summed E-state index contributed by atoms with van der Waals surface area (Å²) < 4.78 is 6.47. The zero-order chi connectivity index (χ0) is 18.7.